The Morgan fingerprint density at radius 1 is 1.28 bits per heavy atom. The summed E-state index contributed by atoms with van der Waals surface area (Å²) in [4.78, 5) is 10.1. The maximum Gasteiger partial charge on any atom is 0.391 e. The van der Waals surface area contributed by atoms with E-state index in [4.69, 9.17) is 11.6 Å². The van der Waals surface area contributed by atoms with E-state index in [-0.39, 0.29) is 18.7 Å². The van der Waals surface area contributed by atoms with E-state index in [1.807, 2.05) is 4.90 Å². The molecule has 1 aromatic rings. The van der Waals surface area contributed by atoms with Crippen LogP contribution in [0.1, 0.15) is 18.5 Å². The van der Waals surface area contributed by atoms with Gasteiger partial charge < -0.3 is 4.90 Å². The summed E-state index contributed by atoms with van der Waals surface area (Å²) in [5.41, 5.74) is 0.632. The van der Waals surface area contributed by atoms with E-state index in [9.17, 15) is 13.2 Å². The highest BCUT2D eigenvalue weighted by Gasteiger charge is 2.41. The maximum absolute atomic E-state index is 12.5. The number of alkyl halides is 4. The summed E-state index contributed by atoms with van der Waals surface area (Å²) in [6.07, 6.45) is -0.759. The number of anilines is 1. The Hall–Kier alpha value is -1.04. The Bertz CT molecular complexity index is 403. The van der Waals surface area contributed by atoms with E-state index in [0.717, 1.165) is 0 Å². The third-order valence-electron chi connectivity index (χ3n) is 3.09. The highest BCUT2D eigenvalue weighted by atomic mass is 35.5. The first-order chi connectivity index (χ1) is 8.50. The molecule has 7 heteroatoms. The van der Waals surface area contributed by atoms with Crippen LogP contribution in [0.2, 0.25) is 0 Å². The van der Waals surface area contributed by atoms with Crippen molar-refractivity contribution in [3.05, 3.63) is 18.1 Å². The Kier molecular flexibility index (Phi) is 3.94. The van der Waals surface area contributed by atoms with E-state index >= 15 is 0 Å². The van der Waals surface area contributed by atoms with Crippen LogP contribution in [-0.4, -0.2) is 29.2 Å². The van der Waals surface area contributed by atoms with Gasteiger partial charge in [0.15, 0.2) is 0 Å². The minimum atomic E-state index is -4.09. The van der Waals surface area contributed by atoms with Gasteiger partial charge in [-0.05, 0) is 12.8 Å². The highest BCUT2D eigenvalue weighted by molar-refractivity contribution is 6.16. The number of hydrogen-bond acceptors (Lipinski definition) is 3. The third-order valence-corrected chi connectivity index (χ3v) is 3.36. The average molecular weight is 280 g/mol. The summed E-state index contributed by atoms with van der Waals surface area (Å²) in [5, 5.41) is 0. The van der Waals surface area contributed by atoms with Crippen molar-refractivity contribution < 1.29 is 13.2 Å². The van der Waals surface area contributed by atoms with Gasteiger partial charge in [-0.25, -0.2) is 4.98 Å². The molecule has 18 heavy (non-hydrogen) atoms. The van der Waals surface area contributed by atoms with E-state index < -0.39 is 12.1 Å². The van der Waals surface area contributed by atoms with E-state index in [2.05, 4.69) is 9.97 Å². The number of halogens is 4. The molecule has 1 saturated heterocycles. The van der Waals surface area contributed by atoms with E-state index in [1.54, 1.807) is 12.4 Å². The fourth-order valence-corrected chi connectivity index (χ4v) is 2.18. The van der Waals surface area contributed by atoms with Gasteiger partial charge in [-0.3, -0.25) is 4.98 Å². The standard InChI is InChI=1S/C11H13ClF3N3/c12-5-9-6-16-7-10(17-9)18-3-1-8(2-4-18)11(13,14)15/h6-8H,1-5H2. The van der Waals surface area contributed by atoms with Gasteiger partial charge in [0.2, 0.25) is 0 Å². The topological polar surface area (TPSA) is 29.0 Å². The van der Waals surface area contributed by atoms with Crippen LogP contribution in [0.15, 0.2) is 12.4 Å². The molecule has 100 valence electrons. The molecule has 1 aromatic heterocycles. The molecule has 0 aliphatic carbocycles. The normalized spacial score (nSPS) is 18.1. The lowest BCUT2D eigenvalue weighted by Crippen LogP contribution is -2.39. The van der Waals surface area contributed by atoms with E-state index in [1.165, 1.54) is 0 Å². The van der Waals surface area contributed by atoms with Gasteiger partial charge in [-0.15, -0.1) is 11.6 Å². The zero-order valence-corrected chi connectivity index (χ0v) is 10.4. The molecular weight excluding hydrogens is 267 g/mol. The van der Waals surface area contributed by atoms with Gasteiger partial charge in [0, 0.05) is 19.3 Å². The molecule has 0 saturated carbocycles. The molecule has 1 fully saturated rings. The second kappa shape index (κ2) is 5.30. The molecule has 3 nitrogen and oxygen atoms in total. The van der Waals surface area contributed by atoms with Crippen LogP contribution in [0.3, 0.4) is 0 Å². The van der Waals surface area contributed by atoms with Crippen LogP contribution in [0, 0.1) is 5.92 Å². The lowest BCUT2D eigenvalue weighted by Gasteiger charge is -2.33. The molecule has 0 atom stereocenters. The summed E-state index contributed by atoms with van der Waals surface area (Å²) in [5.74, 6) is -0.341. The van der Waals surface area contributed by atoms with Gasteiger partial charge in [-0.2, -0.15) is 13.2 Å². The molecule has 0 spiro atoms. The first-order valence-corrected chi connectivity index (χ1v) is 6.22. The Labute approximate surface area is 108 Å². The number of hydrogen-bond donors (Lipinski definition) is 0. The predicted molar refractivity (Wildman–Crippen MR) is 62.6 cm³/mol. The third kappa shape index (κ3) is 3.04. The molecule has 0 unspecified atom stereocenters. The highest BCUT2D eigenvalue weighted by Crippen LogP contribution is 2.34. The minimum absolute atomic E-state index is 0.107. The Balaban J connectivity index is 2.01. The number of nitrogens with zero attached hydrogens (tertiary/aromatic N) is 3. The minimum Gasteiger partial charge on any atom is -0.355 e. The van der Waals surface area contributed by atoms with Crippen LogP contribution in [0.25, 0.3) is 0 Å². The first-order valence-electron chi connectivity index (χ1n) is 5.69. The smallest absolute Gasteiger partial charge is 0.355 e. The summed E-state index contributed by atoms with van der Waals surface area (Å²) in [6.45, 7) is 0.704. The quantitative estimate of drug-likeness (QED) is 0.779. The predicted octanol–water partition coefficient (Wildman–Crippen LogP) is 2.99. The van der Waals surface area contributed by atoms with E-state index in [0.29, 0.717) is 24.6 Å². The molecular formula is C11H13ClF3N3. The van der Waals surface area contributed by atoms with Crippen LogP contribution in [-0.2, 0) is 5.88 Å². The second-order valence-corrected chi connectivity index (χ2v) is 4.57. The van der Waals surface area contributed by atoms with Crippen molar-refractivity contribution in [2.24, 2.45) is 5.92 Å². The SMILES string of the molecule is FC(F)(F)C1CCN(c2cncc(CCl)n2)CC1. The Morgan fingerprint density at radius 2 is 1.94 bits per heavy atom. The van der Waals surface area contributed by atoms with Crippen molar-refractivity contribution >= 4 is 17.4 Å². The average Bonchev–Trinajstić information content (AvgIpc) is 2.38. The number of rotatable bonds is 2. The van der Waals surface area contributed by atoms with Crippen LogP contribution in [0.4, 0.5) is 19.0 Å². The molecule has 0 N–H and O–H groups in total. The van der Waals surface area contributed by atoms with Crippen LogP contribution in [0.5, 0.6) is 0 Å². The lowest BCUT2D eigenvalue weighted by atomic mass is 9.96. The molecule has 2 heterocycles. The summed E-state index contributed by atoms with van der Waals surface area (Å²) in [7, 11) is 0. The van der Waals surface area contributed by atoms with Gasteiger partial charge in [0.25, 0.3) is 0 Å². The zero-order valence-electron chi connectivity index (χ0n) is 9.62. The molecule has 0 bridgehead atoms. The van der Waals surface area contributed by atoms with Crippen molar-refractivity contribution in [1.82, 2.24) is 9.97 Å². The Morgan fingerprint density at radius 3 is 2.50 bits per heavy atom. The summed E-state index contributed by atoms with van der Waals surface area (Å²) in [6, 6.07) is 0. The maximum atomic E-state index is 12.5. The number of piperidine rings is 1. The monoisotopic (exact) mass is 279 g/mol. The van der Waals surface area contributed by atoms with Crippen molar-refractivity contribution in [3.63, 3.8) is 0 Å². The molecule has 1 aliphatic heterocycles. The molecule has 2 rings (SSSR count). The van der Waals surface area contributed by atoms with Crippen molar-refractivity contribution in [2.75, 3.05) is 18.0 Å². The van der Waals surface area contributed by atoms with Crippen molar-refractivity contribution in [1.29, 1.82) is 0 Å². The van der Waals surface area contributed by atoms with Gasteiger partial charge in [0.1, 0.15) is 5.82 Å². The van der Waals surface area contributed by atoms with Crippen molar-refractivity contribution in [2.45, 2.75) is 24.9 Å². The largest absolute Gasteiger partial charge is 0.391 e. The van der Waals surface area contributed by atoms with Gasteiger partial charge in [0.05, 0.1) is 23.7 Å². The zero-order chi connectivity index (χ0) is 13.2. The van der Waals surface area contributed by atoms with Crippen LogP contribution >= 0.6 is 11.6 Å². The molecule has 0 aromatic carbocycles. The summed E-state index contributed by atoms with van der Waals surface area (Å²) >= 11 is 5.65. The lowest BCUT2D eigenvalue weighted by molar-refractivity contribution is -0.179. The summed E-state index contributed by atoms with van der Waals surface area (Å²) < 4.78 is 37.6. The molecule has 1 aliphatic rings. The fourth-order valence-electron chi connectivity index (χ4n) is 2.05. The van der Waals surface area contributed by atoms with Crippen LogP contribution < -0.4 is 4.90 Å². The van der Waals surface area contributed by atoms with Crippen molar-refractivity contribution in [3.8, 4) is 0 Å². The molecule has 0 amide bonds. The fraction of sp³-hybridized carbons (Fsp3) is 0.636. The molecule has 0 radical (unpaired) electrons. The van der Waals surface area contributed by atoms with Gasteiger partial charge in [-0.1, -0.05) is 0 Å². The number of aromatic nitrogens is 2. The second-order valence-electron chi connectivity index (χ2n) is 4.31. The van der Waals surface area contributed by atoms with Gasteiger partial charge >= 0.3 is 6.18 Å². The first kappa shape index (κ1) is 13.4.